The van der Waals surface area contributed by atoms with Gasteiger partial charge in [0.05, 0.1) is 24.4 Å². The second kappa shape index (κ2) is 10.9. The number of ether oxygens (including phenoxy) is 4. The lowest BCUT2D eigenvalue weighted by molar-refractivity contribution is -0.176. The largest absolute Gasteiger partial charge is 0.462 e. The summed E-state index contributed by atoms with van der Waals surface area (Å²) >= 11 is 0. The minimum Gasteiger partial charge on any atom is -0.462 e. The van der Waals surface area contributed by atoms with Crippen LogP contribution in [0.15, 0.2) is 12.2 Å². The first-order valence-electron chi connectivity index (χ1n) is 9.58. The average molecular weight is 403 g/mol. The minimum atomic E-state index is -1.13. The van der Waals surface area contributed by atoms with Crippen LogP contribution in [0.2, 0.25) is 0 Å². The van der Waals surface area contributed by atoms with Crippen molar-refractivity contribution in [1.82, 2.24) is 0 Å². The maximum atomic E-state index is 12.7. The van der Waals surface area contributed by atoms with Crippen molar-refractivity contribution in [3.05, 3.63) is 12.2 Å². The van der Waals surface area contributed by atoms with Crippen molar-refractivity contribution in [2.45, 2.75) is 79.1 Å². The molecule has 0 aromatic heterocycles. The Hall–Kier alpha value is -1.44. The lowest BCUT2D eigenvalue weighted by Crippen LogP contribution is -2.44. The summed E-state index contributed by atoms with van der Waals surface area (Å²) in [7, 11) is 0. The van der Waals surface area contributed by atoms with Crippen molar-refractivity contribution in [3.8, 4) is 0 Å². The Labute approximate surface area is 169 Å². The highest BCUT2D eigenvalue weighted by molar-refractivity contribution is 5.86. The summed E-state index contributed by atoms with van der Waals surface area (Å²) in [5, 5.41) is 9.90. The van der Waals surface area contributed by atoms with E-state index in [0.717, 1.165) is 6.42 Å². The van der Waals surface area contributed by atoms with Gasteiger partial charge < -0.3 is 24.1 Å². The third-order valence-electron chi connectivity index (χ3n) is 4.11. The van der Waals surface area contributed by atoms with Gasteiger partial charge in [-0.15, -0.1) is 0 Å². The van der Waals surface area contributed by atoms with Crippen LogP contribution >= 0.6 is 0 Å². The molecule has 0 aromatic carbocycles. The fourth-order valence-electron chi connectivity index (χ4n) is 1.68. The van der Waals surface area contributed by atoms with Gasteiger partial charge >= 0.3 is 11.9 Å². The summed E-state index contributed by atoms with van der Waals surface area (Å²) < 4.78 is 21.8. The Kier molecular flexibility index (Phi) is 10.4. The van der Waals surface area contributed by atoms with Gasteiger partial charge in [0.2, 0.25) is 0 Å². The van der Waals surface area contributed by atoms with Crippen LogP contribution in [0.5, 0.6) is 0 Å². The van der Waals surface area contributed by atoms with Crippen LogP contribution in [0.3, 0.4) is 0 Å². The number of carbonyl (C=O) groups excluding carboxylic acids is 2. The molecule has 7 nitrogen and oxygen atoms in total. The molecule has 0 aromatic rings. The number of aliphatic hydroxyl groups is 1. The van der Waals surface area contributed by atoms with Gasteiger partial charge in [-0.2, -0.15) is 0 Å². The zero-order valence-corrected chi connectivity index (χ0v) is 18.7. The van der Waals surface area contributed by atoms with Crippen molar-refractivity contribution in [2.75, 3.05) is 26.4 Å². The van der Waals surface area contributed by atoms with Gasteiger partial charge in [-0.05, 0) is 54.9 Å². The topological polar surface area (TPSA) is 91.3 Å². The molecule has 0 saturated carbocycles. The monoisotopic (exact) mass is 402 g/mol. The Morgan fingerprint density at radius 1 is 0.964 bits per heavy atom. The standard InChI is InChI=1S/C21H38O7/c1-10-20(7,8)28-14-21(9,13-27-19(4,5)6)18(24)26-12-16(22)11-25-17(23)15(2)3/h16,22H,2,10-14H2,1,3-9H3. The van der Waals surface area contributed by atoms with Gasteiger partial charge in [0.15, 0.2) is 0 Å². The zero-order chi connectivity index (χ0) is 22.2. The SMILES string of the molecule is C=C(C)C(=O)OCC(O)COC(=O)C(C)(COC(C)(C)C)COC(C)(C)CC. The third kappa shape index (κ3) is 10.8. The van der Waals surface area contributed by atoms with E-state index in [1.165, 1.54) is 6.92 Å². The average Bonchev–Trinajstić information content (AvgIpc) is 2.59. The molecule has 7 heteroatoms. The summed E-state index contributed by atoms with van der Waals surface area (Å²) in [5.41, 5.74) is -1.64. The Balaban J connectivity index is 4.90. The molecule has 164 valence electrons. The summed E-state index contributed by atoms with van der Waals surface area (Å²) in [4.78, 5) is 24.1. The highest BCUT2D eigenvalue weighted by atomic mass is 16.6. The molecular formula is C21H38O7. The minimum absolute atomic E-state index is 0.107. The molecule has 0 aliphatic carbocycles. The van der Waals surface area contributed by atoms with Crippen molar-refractivity contribution in [2.24, 2.45) is 5.41 Å². The van der Waals surface area contributed by atoms with E-state index >= 15 is 0 Å². The lowest BCUT2D eigenvalue weighted by Gasteiger charge is -2.34. The van der Waals surface area contributed by atoms with Crippen molar-refractivity contribution in [3.63, 3.8) is 0 Å². The van der Waals surface area contributed by atoms with Crippen molar-refractivity contribution < 1.29 is 33.6 Å². The third-order valence-corrected chi connectivity index (χ3v) is 4.11. The molecule has 0 saturated heterocycles. The Bertz CT molecular complexity index is 533. The van der Waals surface area contributed by atoms with Crippen LogP contribution in [0.1, 0.15) is 61.8 Å². The van der Waals surface area contributed by atoms with Gasteiger partial charge in [0.1, 0.15) is 24.7 Å². The molecule has 1 N–H and O–H groups in total. The van der Waals surface area contributed by atoms with E-state index in [2.05, 4.69) is 6.58 Å². The summed E-state index contributed by atoms with van der Waals surface area (Å²) in [6, 6.07) is 0. The van der Waals surface area contributed by atoms with E-state index in [1.807, 2.05) is 41.5 Å². The first-order valence-corrected chi connectivity index (χ1v) is 9.58. The van der Waals surface area contributed by atoms with Crippen LogP contribution in [0.25, 0.3) is 0 Å². The molecule has 0 bridgehead atoms. The molecule has 0 rings (SSSR count). The zero-order valence-electron chi connectivity index (χ0n) is 18.7. The second-order valence-corrected chi connectivity index (χ2v) is 8.99. The normalized spacial score (nSPS) is 15.5. The van der Waals surface area contributed by atoms with E-state index in [1.54, 1.807) is 6.92 Å². The molecule has 0 spiro atoms. The molecule has 2 unspecified atom stereocenters. The first-order chi connectivity index (χ1) is 12.6. The van der Waals surface area contributed by atoms with E-state index in [9.17, 15) is 14.7 Å². The first kappa shape index (κ1) is 26.6. The number of aliphatic hydroxyl groups excluding tert-OH is 1. The molecule has 0 fully saturated rings. The molecule has 0 aliphatic rings. The summed E-state index contributed by atoms with van der Waals surface area (Å²) in [6.45, 7) is 17.9. The van der Waals surface area contributed by atoms with E-state index < -0.39 is 29.1 Å². The van der Waals surface area contributed by atoms with E-state index in [0.29, 0.717) is 0 Å². The molecule has 28 heavy (non-hydrogen) atoms. The number of hydrogen-bond donors (Lipinski definition) is 1. The van der Waals surface area contributed by atoms with E-state index in [-0.39, 0.29) is 37.6 Å². The quantitative estimate of drug-likeness (QED) is 0.396. The smallest absolute Gasteiger partial charge is 0.333 e. The number of rotatable bonds is 12. The molecule has 0 amide bonds. The molecule has 0 radical (unpaired) electrons. The number of esters is 2. The highest BCUT2D eigenvalue weighted by Gasteiger charge is 2.39. The molecule has 0 aliphatic heterocycles. The van der Waals surface area contributed by atoms with Crippen molar-refractivity contribution in [1.29, 1.82) is 0 Å². The second-order valence-electron chi connectivity index (χ2n) is 8.99. The predicted molar refractivity (Wildman–Crippen MR) is 107 cm³/mol. The highest BCUT2D eigenvalue weighted by Crippen LogP contribution is 2.26. The van der Waals surface area contributed by atoms with Gasteiger partial charge in [0.25, 0.3) is 0 Å². The maximum Gasteiger partial charge on any atom is 0.333 e. The molecule has 2 atom stereocenters. The lowest BCUT2D eigenvalue weighted by atomic mass is 9.92. The van der Waals surface area contributed by atoms with E-state index in [4.69, 9.17) is 18.9 Å². The Morgan fingerprint density at radius 2 is 1.46 bits per heavy atom. The van der Waals surface area contributed by atoms with Gasteiger partial charge in [0, 0.05) is 5.57 Å². The van der Waals surface area contributed by atoms with Gasteiger partial charge in [-0.1, -0.05) is 13.5 Å². The number of carbonyl (C=O) groups is 2. The predicted octanol–water partition coefficient (Wildman–Crippen LogP) is 3.04. The van der Waals surface area contributed by atoms with Crippen LogP contribution in [-0.4, -0.2) is 60.8 Å². The molecule has 0 heterocycles. The van der Waals surface area contributed by atoms with Crippen LogP contribution < -0.4 is 0 Å². The number of hydrogen-bond acceptors (Lipinski definition) is 7. The van der Waals surface area contributed by atoms with Gasteiger partial charge in [-0.25, -0.2) is 4.79 Å². The van der Waals surface area contributed by atoms with Gasteiger partial charge in [-0.3, -0.25) is 4.79 Å². The van der Waals surface area contributed by atoms with Crippen molar-refractivity contribution >= 4 is 11.9 Å². The van der Waals surface area contributed by atoms with Crippen LogP contribution in [0.4, 0.5) is 0 Å². The summed E-state index contributed by atoms with van der Waals surface area (Å²) in [5.74, 6) is -1.15. The maximum absolute atomic E-state index is 12.7. The Morgan fingerprint density at radius 3 is 1.93 bits per heavy atom. The van der Waals surface area contributed by atoms with Crippen LogP contribution in [0, 0.1) is 5.41 Å². The molecular weight excluding hydrogens is 364 g/mol. The fourth-order valence-corrected chi connectivity index (χ4v) is 1.68. The fraction of sp³-hybridized carbons (Fsp3) is 0.810. The van der Waals surface area contributed by atoms with Crippen LogP contribution in [-0.2, 0) is 28.5 Å². The summed E-state index contributed by atoms with van der Waals surface area (Å²) in [6.07, 6.45) is -0.349.